The summed E-state index contributed by atoms with van der Waals surface area (Å²) < 4.78 is 5.23. The van der Waals surface area contributed by atoms with E-state index in [9.17, 15) is 4.79 Å². The minimum absolute atomic E-state index is 0.143. The van der Waals surface area contributed by atoms with Crippen LogP contribution in [0.25, 0.3) is 33.7 Å². The van der Waals surface area contributed by atoms with E-state index in [1.54, 1.807) is 30.7 Å². The van der Waals surface area contributed by atoms with Gasteiger partial charge in [0.1, 0.15) is 5.56 Å². The van der Waals surface area contributed by atoms with Gasteiger partial charge < -0.3 is 9.51 Å². The number of rotatable bonds is 2. The Morgan fingerprint density at radius 3 is 2.86 bits per heavy atom. The molecule has 0 atom stereocenters. The first-order valence-electron chi connectivity index (χ1n) is 6.68. The third-order valence-electron chi connectivity index (χ3n) is 3.36. The van der Waals surface area contributed by atoms with E-state index in [4.69, 9.17) is 4.52 Å². The number of hydrogen-bond donors (Lipinski definition) is 1. The lowest BCUT2D eigenvalue weighted by atomic mass is 10.1. The lowest BCUT2D eigenvalue weighted by Crippen LogP contribution is -2.06. The maximum absolute atomic E-state index is 12.5. The molecular weight excluding hydrogens is 280 g/mol. The van der Waals surface area contributed by atoms with E-state index < -0.39 is 0 Å². The Bertz CT molecular complexity index is 1010. The van der Waals surface area contributed by atoms with Crippen LogP contribution in [-0.4, -0.2) is 20.1 Å². The average molecular weight is 290 g/mol. The fourth-order valence-electron chi connectivity index (χ4n) is 2.27. The molecule has 0 aliphatic rings. The van der Waals surface area contributed by atoms with Gasteiger partial charge in [-0.05, 0) is 24.3 Å². The molecule has 22 heavy (non-hydrogen) atoms. The van der Waals surface area contributed by atoms with Gasteiger partial charge in [-0.3, -0.25) is 9.78 Å². The summed E-state index contributed by atoms with van der Waals surface area (Å²) in [6, 6.07) is 10.9. The van der Waals surface area contributed by atoms with Crippen LogP contribution in [-0.2, 0) is 0 Å². The highest BCUT2D eigenvalue weighted by Crippen LogP contribution is 2.20. The molecule has 0 fully saturated rings. The molecule has 1 N–H and O–H groups in total. The van der Waals surface area contributed by atoms with Gasteiger partial charge in [-0.25, -0.2) is 0 Å². The Balaban J connectivity index is 1.85. The van der Waals surface area contributed by atoms with Crippen LogP contribution in [0.5, 0.6) is 0 Å². The van der Waals surface area contributed by atoms with Crippen LogP contribution >= 0.6 is 0 Å². The van der Waals surface area contributed by atoms with Crippen LogP contribution in [0.15, 0.2) is 64.3 Å². The van der Waals surface area contributed by atoms with Gasteiger partial charge >= 0.3 is 0 Å². The van der Waals surface area contributed by atoms with Crippen LogP contribution in [0.4, 0.5) is 0 Å². The van der Waals surface area contributed by atoms with Gasteiger partial charge in [-0.2, -0.15) is 4.98 Å². The number of pyridine rings is 2. The molecule has 0 radical (unpaired) electrons. The van der Waals surface area contributed by atoms with Crippen LogP contribution in [0.1, 0.15) is 0 Å². The normalized spacial score (nSPS) is 10.9. The van der Waals surface area contributed by atoms with Gasteiger partial charge in [0.15, 0.2) is 0 Å². The zero-order valence-electron chi connectivity index (χ0n) is 11.4. The van der Waals surface area contributed by atoms with E-state index in [2.05, 4.69) is 20.1 Å². The molecule has 6 heteroatoms. The monoisotopic (exact) mass is 290 g/mol. The van der Waals surface area contributed by atoms with Gasteiger partial charge in [0.2, 0.25) is 11.3 Å². The highest BCUT2D eigenvalue weighted by atomic mass is 16.5. The average Bonchev–Trinajstić information content (AvgIpc) is 3.06. The lowest BCUT2D eigenvalue weighted by Gasteiger charge is -1.98. The summed E-state index contributed by atoms with van der Waals surface area (Å²) in [4.78, 5) is 23.9. The molecule has 3 heterocycles. The topological polar surface area (TPSA) is 84.7 Å². The van der Waals surface area contributed by atoms with Crippen molar-refractivity contribution in [2.75, 3.05) is 0 Å². The summed E-state index contributed by atoms with van der Waals surface area (Å²) in [5.41, 5.74) is 1.70. The summed E-state index contributed by atoms with van der Waals surface area (Å²) in [6.07, 6.45) is 4.89. The molecule has 6 nitrogen and oxygen atoms in total. The van der Waals surface area contributed by atoms with Crippen LogP contribution in [0.3, 0.4) is 0 Å². The fourth-order valence-corrected chi connectivity index (χ4v) is 2.27. The fraction of sp³-hybridized carbons (Fsp3) is 0. The maximum atomic E-state index is 12.5. The zero-order chi connectivity index (χ0) is 14.9. The number of fused-ring (bicyclic) bond motifs is 1. The van der Waals surface area contributed by atoms with Gasteiger partial charge in [0.25, 0.3) is 5.89 Å². The van der Waals surface area contributed by atoms with Gasteiger partial charge in [0, 0.05) is 35.1 Å². The summed E-state index contributed by atoms with van der Waals surface area (Å²) in [5.74, 6) is 0.585. The number of benzene rings is 1. The minimum atomic E-state index is -0.143. The summed E-state index contributed by atoms with van der Waals surface area (Å²) in [6.45, 7) is 0. The summed E-state index contributed by atoms with van der Waals surface area (Å²) >= 11 is 0. The Morgan fingerprint density at radius 2 is 2.00 bits per heavy atom. The molecule has 106 valence electrons. The van der Waals surface area contributed by atoms with Crippen molar-refractivity contribution in [1.82, 2.24) is 20.1 Å². The molecule has 4 rings (SSSR count). The molecule has 0 unspecified atom stereocenters. The predicted molar refractivity (Wildman–Crippen MR) is 81.1 cm³/mol. The summed E-state index contributed by atoms with van der Waals surface area (Å²) in [7, 11) is 0. The van der Waals surface area contributed by atoms with Crippen molar-refractivity contribution in [1.29, 1.82) is 0 Å². The largest absolute Gasteiger partial charge is 0.360 e. The van der Waals surface area contributed by atoms with Gasteiger partial charge in [-0.15, -0.1) is 0 Å². The Labute approximate surface area is 124 Å². The Kier molecular flexibility index (Phi) is 2.79. The van der Waals surface area contributed by atoms with E-state index in [0.29, 0.717) is 16.8 Å². The number of nitrogens with one attached hydrogen (secondary N) is 1. The first kappa shape index (κ1) is 12.5. The second-order valence-corrected chi connectivity index (χ2v) is 4.74. The molecule has 4 aromatic rings. The van der Waals surface area contributed by atoms with E-state index in [1.165, 1.54) is 0 Å². The van der Waals surface area contributed by atoms with Crippen molar-refractivity contribution >= 4 is 10.9 Å². The van der Waals surface area contributed by atoms with Crippen molar-refractivity contribution in [3.63, 3.8) is 0 Å². The number of hydrogen-bond acceptors (Lipinski definition) is 5. The van der Waals surface area contributed by atoms with E-state index in [1.807, 2.05) is 24.3 Å². The van der Waals surface area contributed by atoms with Gasteiger partial charge in [-0.1, -0.05) is 17.3 Å². The molecule has 0 aliphatic heterocycles. The SMILES string of the molecule is O=c1c(-c2nc(-c3cccnc3)no2)c[nH]c2ccccc12. The second kappa shape index (κ2) is 4.92. The number of nitrogens with zero attached hydrogens (tertiary/aromatic N) is 3. The third kappa shape index (κ3) is 1.98. The molecule has 0 bridgehead atoms. The van der Waals surface area contributed by atoms with Crippen LogP contribution < -0.4 is 5.43 Å². The first-order chi connectivity index (χ1) is 10.8. The zero-order valence-corrected chi connectivity index (χ0v) is 11.4. The molecule has 3 aromatic heterocycles. The third-order valence-corrected chi connectivity index (χ3v) is 3.36. The van der Waals surface area contributed by atoms with Crippen LogP contribution in [0, 0.1) is 0 Å². The Hall–Kier alpha value is -3.28. The first-order valence-corrected chi connectivity index (χ1v) is 6.68. The molecular formula is C16H10N4O2. The summed E-state index contributed by atoms with van der Waals surface area (Å²) in [5, 5.41) is 4.49. The van der Waals surface area contributed by atoms with E-state index >= 15 is 0 Å². The smallest absolute Gasteiger partial charge is 0.263 e. The lowest BCUT2D eigenvalue weighted by molar-refractivity contribution is 0.432. The van der Waals surface area contributed by atoms with Crippen molar-refractivity contribution in [2.24, 2.45) is 0 Å². The quantitative estimate of drug-likeness (QED) is 0.613. The van der Waals surface area contributed by atoms with E-state index in [0.717, 1.165) is 11.1 Å². The van der Waals surface area contributed by atoms with Gasteiger partial charge in [0.05, 0.1) is 0 Å². The minimum Gasteiger partial charge on any atom is -0.360 e. The van der Waals surface area contributed by atoms with Crippen LogP contribution in [0.2, 0.25) is 0 Å². The molecule has 0 amide bonds. The van der Waals surface area contributed by atoms with Crippen molar-refractivity contribution in [3.8, 4) is 22.8 Å². The molecule has 0 saturated heterocycles. The number of para-hydroxylation sites is 1. The van der Waals surface area contributed by atoms with Crippen molar-refractivity contribution < 1.29 is 4.52 Å². The predicted octanol–water partition coefficient (Wildman–Crippen LogP) is 2.64. The highest BCUT2D eigenvalue weighted by Gasteiger charge is 2.15. The number of aromatic amines is 1. The van der Waals surface area contributed by atoms with E-state index in [-0.39, 0.29) is 11.3 Å². The molecule has 0 spiro atoms. The number of aromatic nitrogens is 4. The molecule has 1 aromatic carbocycles. The molecule has 0 aliphatic carbocycles. The molecule has 0 saturated carbocycles. The standard InChI is InChI=1S/C16H10N4O2/c21-14-11-5-1-2-6-13(11)18-9-12(14)16-19-15(20-22-16)10-4-3-7-17-8-10/h1-9H,(H,18,21). The highest BCUT2D eigenvalue weighted by molar-refractivity contribution is 5.81. The maximum Gasteiger partial charge on any atom is 0.263 e. The Morgan fingerprint density at radius 1 is 1.09 bits per heavy atom. The second-order valence-electron chi connectivity index (χ2n) is 4.74. The number of H-pyrrole nitrogens is 1. The van der Waals surface area contributed by atoms with Crippen molar-refractivity contribution in [3.05, 3.63) is 65.2 Å². The van der Waals surface area contributed by atoms with Crippen molar-refractivity contribution in [2.45, 2.75) is 0 Å².